The first kappa shape index (κ1) is 23.9. The third kappa shape index (κ3) is 5.17. The van der Waals surface area contributed by atoms with Crippen molar-refractivity contribution in [1.29, 1.82) is 0 Å². The number of carbonyl (C=O) groups is 1. The number of amides is 1. The molecule has 0 aliphatic carbocycles. The summed E-state index contributed by atoms with van der Waals surface area (Å²) in [6.07, 6.45) is 0. The molecule has 8 heteroatoms. The van der Waals surface area contributed by atoms with Crippen LogP contribution in [0.4, 0.5) is 5.69 Å². The van der Waals surface area contributed by atoms with Gasteiger partial charge in [-0.25, -0.2) is 4.79 Å². The summed E-state index contributed by atoms with van der Waals surface area (Å²) in [6, 6.07) is 32.4. The van der Waals surface area contributed by atoms with Crippen molar-refractivity contribution in [2.45, 2.75) is 6.61 Å². The van der Waals surface area contributed by atoms with Crippen molar-refractivity contribution in [3.8, 4) is 28.3 Å². The minimum atomic E-state index is -0.437. The van der Waals surface area contributed by atoms with Crippen LogP contribution in [0.15, 0.2) is 123 Å². The van der Waals surface area contributed by atoms with Crippen LogP contribution < -0.4 is 15.7 Å². The molecule has 0 atom stereocenters. The molecule has 190 valence electrons. The van der Waals surface area contributed by atoms with Crippen LogP contribution in [-0.4, -0.2) is 16.0 Å². The fourth-order valence-electron chi connectivity index (χ4n) is 4.12. The molecule has 2 aromatic heterocycles. The van der Waals surface area contributed by atoms with Gasteiger partial charge in [0.1, 0.15) is 11.3 Å². The summed E-state index contributed by atoms with van der Waals surface area (Å²) in [4.78, 5) is 30.0. The zero-order valence-electron chi connectivity index (χ0n) is 20.5. The third-order valence-electron chi connectivity index (χ3n) is 6.08. The number of fused-ring (bicyclic) bond motifs is 1. The molecule has 4 aromatic carbocycles. The van der Waals surface area contributed by atoms with Crippen molar-refractivity contribution in [2.24, 2.45) is 0 Å². The lowest BCUT2D eigenvalue weighted by molar-refractivity contribution is 0.102. The second-order valence-corrected chi connectivity index (χ2v) is 8.68. The minimum Gasteiger partial charge on any atom is -0.485 e. The first-order valence-corrected chi connectivity index (χ1v) is 12.2. The highest BCUT2D eigenvalue weighted by Gasteiger charge is 2.16. The summed E-state index contributed by atoms with van der Waals surface area (Å²) in [5, 5.41) is 7.72. The number of benzene rings is 4. The molecule has 0 bridgehead atoms. The Labute approximate surface area is 222 Å². The lowest BCUT2D eigenvalue weighted by Crippen LogP contribution is -2.12. The van der Waals surface area contributed by atoms with Crippen LogP contribution in [0.3, 0.4) is 0 Å². The molecule has 8 nitrogen and oxygen atoms in total. The van der Waals surface area contributed by atoms with Crippen LogP contribution in [0.2, 0.25) is 0 Å². The molecule has 0 aliphatic heterocycles. The van der Waals surface area contributed by atoms with E-state index in [1.54, 1.807) is 54.6 Å². The zero-order chi connectivity index (χ0) is 26.6. The van der Waals surface area contributed by atoms with Gasteiger partial charge in [0.15, 0.2) is 6.61 Å². The van der Waals surface area contributed by atoms with Crippen LogP contribution >= 0.6 is 0 Å². The Morgan fingerprint density at radius 1 is 0.821 bits per heavy atom. The number of anilines is 1. The highest BCUT2D eigenvalue weighted by atomic mass is 16.5. The summed E-state index contributed by atoms with van der Waals surface area (Å²) in [5.41, 5.74) is 2.68. The van der Waals surface area contributed by atoms with E-state index in [2.05, 4.69) is 15.5 Å². The molecule has 0 aliphatic rings. The molecular weight excluding hydrogens is 494 g/mol. The first-order chi connectivity index (χ1) is 19.1. The van der Waals surface area contributed by atoms with Gasteiger partial charge in [0, 0.05) is 10.9 Å². The predicted molar refractivity (Wildman–Crippen MR) is 146 cm³/mol. The average Bonchev–Trinajstić information content (AvgIpc) is 3.45. The molecule has 0 fully saturated rings. The number of aromatic nitrogens is 2. The van der Waals surface area contributed by atoms with Crippen LogP contribution in [0.25, 0.3) is 33.6 Å². The molecule has 1 amide bonds. The van der Waals surface area contributed by atoms with Crippen molar-refractivity contribution < 1.29 is 18.5 Å². The second kappa shape index (κ2) is 10.5. The lowest BCUT2D eigenvalue weighted by atomic mass is 10.0. The fourth-order valence-corrected chi connectivity index (χ4v) is 4.12. The SMILES string of the molecule is O=C(Nc1ccccc1-c1nc(COc2ccccc2)no1)c1ccc(-c2cc3ccccc3oc2=O)cc1. The molecule has 6 rings (SSSR count). The van der Waals surface area contributed by atoms with Gasteiger partial charge < -0.3 is 19.0 Å². The van der Waals surface area contributed by atoms with Crippen molar-refractivity contribution >= 4 is 22.6 Å². The van der Waals surface area contributed by atoms with Gasteiger partial charge in [0.25, 0.3) is 11.8 Å². The molecule has 1 N–H and O–H groups in total. The fraction of sp³-hybridized carbons (Fsp3) is 0.0323. The summed E-state index contributed by atoms with van der Waals surface area (Å²) < 4.78 is 16.6. The summed E-state index contributed by atoms with van der Waals surface area (Å²) in [5.74, 6) is 1.01. The van der Waals surface area contributed by atoms with E-state index in [1.807, 2.05) is 54.6 Å². The highest BCUT2D eigenvalue weighted by Crippen LogP contribution is 2.28. The van der Waals surface area contributed by atoms with Crippen molar-refractivity contribution in [1.82, 2.24) is 10.1 Å². The van der Waals surface area contributed by atoms with Gasteiger partial charge in [-0.3, -0.25) is 4.79 Å². The van der Waals surface area contributed by atoms with Crippen LogP contribution in [0.1, 0.15) is 16.2 Å². The molecule has 2 heterocycles. The molecule has 0 saturated carbocycles. The van der Waals surface area contributed by atoms with Crippen molar-refractivity contribution in [3.63, 3.8) is 0 Å². The van der Waals surface area contributed by atoms with E-state index in [9.17, 15) is 9.59 Å². The summed E-state index contributed by atoms with van der Waals surface area (Å²) in [7, 11) is 0. The number of hydrogen-bond donors (Lipinski definition) is 1. The standard InChI is InChI=1S/C31H21N3O5/c35-29(21-16-14-20(15-17-21)25-18-22-8-4-7-13-27(22)38-31(25)36)32-26-12-6-5-11-24(26)30-33-28(34-39-30)19-37-23-9-2-1-3-10-23/h1-18H,19H2,(H,32,35). The maximum absolute atomic E-state index is 13.1. The maximum Gasteiger partial charge on any atom is 0.344 e. The van der Waals surface area contributed by atoms with E-state index in [4.69, 9.17) is 13.7 Å². The number of hydrogen-bond acceptors (Lipinski definition) is 7. The molecule has 0 unspecified atom stereocenters. The zero-order valence-corrected chi connectivity index (χ0v) is 20.5. The maximum atomic E-state index is 13.1. The second-order valence-electron chi connectivity index (χ2n) is 8.68. The Balaban J connectivity index is 1.18. The largest absolute Gasteiger partial charge is 0.485 e. The van der Waals surface area contributed by atoms with Gasteiger partial charge in [-0.15, -0.1) is 0 Å². The smallest absolute Gasteiger partial charge is 0.344 e. The number of nitrogens with one attached hydrogen (secondary N) is 1. The average molecular weight is 516 g/mol. The Bertz CT molecular complexity index is 1830. The van der Waals surface area contributed by atoms with Crippen molar-refractivity contribution in [2.75, 3.05) is 5.32 Å². The number of rotatable bonds is 7. The molecular formula is C31H21N3O5. The molecule has 6 aromatic rings. The van der Waals surface area contributed by atoms with Crippen molar-refractivity contribution in [3.05, 3.63) is 131 Å². The highest BCUT2D eigenvalue weighted by molar-refractivity contribution is 6.06. The Kier molecular flexibility index (Phi) is 6.41. The summed E-state index contributed by atoms with van der Waals surface area (Å²) >= 11 is 0. The van der Waals surface area contributed by atoms with E-state index >= 15 is 0 Å². The van der Waals surface area contributed by atoms with E-state index in [0.29, 0.717) is 45.1 Å². The lowest BCUT2D eigenvalue weighted by Gasteiger charge is -2.09. The first-order valence-electron chi connectivity index (χ1n) is 12.2. The monoisotopic (exact) mass is 515 g/mol. The van der Waals surface area contributed by atoms with Gasteiger partial charge in [-0.05, 0) is 54.1 Å². The summed E-state index contributed by atoms with van der Waals surface area (Å²) in [6.45, 7) is 0.143. The molecule has 0 radical (unpaired) electrons. The number of nitrogens with zero attached hydrogens (tertiary/aromatic N) is 2. The van der Waals surface area contributed by atoms with E-state index in [0.717, 1.165) is 5.39 Å². The van der Waals surface area contributed by atoms with E-state index in [-0.39, 0.29) is 18.4 Å². The topological polar surface area (TPSA) is 107 Å². The van der Waals surface area contributed by atoms with Crippen LogP contribution in [0, 0.1) is 0 Å². The van der Waals surface area contributed by atoms with Crippen LogP contribution in [-0.2, 0) is 6.61 Å². The predicted octanol–water partition coefficient (Wildman–Crippen LogP) is 6.34. The minimum absolute atomic E-state index is 0.143. The quantitative estimate of drug-likeness (QED) is 0.247. The normalized spacial score (nSPS) is 10.9. The van der Waals surface area contributed by atoms with Gasteiger partial charge in [0.2, 0.25) is 5.82 Å². The van der Waals surface area contributed by atoms with Gasteiger partial charge in [0.05, 0.1) is 16.8 Å². The Hall–Kier alpha value is -5.50. The molecule has 0 spiro atoms. The number of para-hydroxylation sites is 3. The van der Waals surface area contributed by atoms with E-state index in [1.165, 1.54) is 0 Å². The van der Waals surface area contributed by atoms with Gasteiger partial charge >= 0.3 is 5.63 Å². The third-order valence-corrected chi connectivity index (χ3v) is 6.08. The van der Waals surface area contributed by atoms with Gasteiger partial charge in [-0.1, -0.05) is 65.8 Å². The Morgan fingerprint density at radius 3 is 2.41 bits per heavy atom. The molecule has 0 saturated heterocycles. The Morgan fingerprint density at radius 2 is 1.56 bits per heavy atom. The van der Waals surface area contributed by atoms with Crippen LogP contribution in [0.5, 0.6) is 5.75 Å². The number of ether oxygens (including phenoxy) is 1. The van der Waals surface area contributed by atoms with Gasteiger partial charge in [-0.2, -0.15) is 4.98 Å². The van der Waals surface area contributed by atoms with E-state index < -0.39 is 5.63 Å². The molecule has 39 heavy (non-hydrogen) atoms. The number of carbonyl (C=O) groups excluding carboxylic acids is 1.